The summed E-state index contributed by atoms with van der Waals surface area (Å²) in [6.07, 6.45) is 5.82. The molecule has 3 atom stereocenters. The van der Waals surface area contributed by atoms with E-state index in [1.807, 2.05) is 45.7 Å². The Morgan fingerprint density at radius 2 is 2.03 bits per heavy atom. The van der Waals surface area contributed by atoms with Crippen LogP contribution >= 0.6 is 0 Å². The molecule has 3 unspecified atom stereocenters. The second kappa shape index (κ2) is 9.71. The number of carbonyl (C=O) groups is 2. The highest BCUT2D eigenvalue weighted by Crippen LogP contribution is 2.41. The van der Waals surface area contributed by atoms with Crippen LogP contribution in [-0.2, 0) is 16.6 Å². The summed E-state index contributed by atoms with van der Waals surface area (Å²) in [6.45, 7) is 4.14. The quantitative estimate of drug-likeness (QED) is 0.663. The standard InChI is InChI=1S/C24H33N5O3/c1-4-5-13-29-21(30)14-20(22(29)17-8-10-19(32-3)11-9-17)24(31)28-12-6-7-18(15-28)23-26-25-16-27(23)2/h8-11,16,18,20,22H,4-7,12-15H2,1-3H3. The van der Waals surface area contributed by atoms with Gasteiger partial charge in [-0.25, -0.2) is 0 Å². The molecule has 0 bridgehead atoms. The normalized spacial score (nSPS) is 23.6. The molecule has 2 fully saturated rings. The summed E-state index contributed by atoms with van der Waals surface area (Å²) in [5, 5.41) is 8.27. The molecule has 2 aliphatic rings. The van der Waals surface area contributed by atoms with Crippen molar-refractivity contribution in [3.8, 4) is 5.75 Å². The highest BCUT2D eigenvalue weighted by Gasteiger charge is 2.46. The number of benzene rings is 1. The molecule has 8 heteroatoms. The third-order valence-electron chi connectivity index (χ3n) is 6.80. The maximum absolute atomic E-state index is 13.8. The molecule has 32 heavy (non-hydrogen) atoms. The molecule has 1 aromatic heterocycles. The zero-order chi connectivity index (χ0) is 22.7. The summed E-state index contributed by atoms with van der Waals surface area (Å²) in [5.41, 5.74) is 0.993. The number of methoxy groups -OCH3 is 1. The van der Waals surface area contributed by atoms with Gasteiger partial charge in [0, 0.05) is 39.0 Å². The molecule has 4 rings (SSSR count). The van der Waals surface area contributed by atoms with Crippen LogP contribution in [0.25, 0.3) is 0 Å². The summed E-state index contributed by atoms with van der Waals surface area (Å²) in [4.78, 5) is 30.6. The van der Waals surface area contributed by atoms with Crippen LogP contribution in [0.4, 0.5) is 0 Å². The molecule has 0 aliphatic carbocycles. The summed E-state index contributed by atoms with van der Waals surface area (Å²) in [7, 11) is 3.58. The number of ether oxygens (including phenoxy) is 1. The first-order valence-electron chi connectivity index (χ1n) is 11.6. The van der Waals surface area contributed by atoms with E-state index < -0.39 is 0 Å². The molecular weight excluding hydrogens is 406 g/mol. The van der Waals surface area contributed by atoms with E-state index in [9.17, 15) is 9.59 Å². The number of amides is 2. The van der Waals surface area contributed by atoms with Crippen molar-refractivity contribution in [3.05, 3.63) is 42.0 Å². The average molecular weight is 440 g/mol. The number of likely N-dealkylation sites (tertiary alicyclic amines) is 2. The zero-order valence-corrected chi connectivity index (χ0v) is 19.2. The lowest BCUT2D eigenvalue weighted by Crippen LogP contribution is -2.44. The monoisotopic (exact) mass is 439 g/mol. The number of aryl methyl sites for hydroxylation is 1. The van der Waals surface area contributed by atoms with E-state index in [1.54, 1.807) is 13.4 Å². The molecule has 172 valence electrons. The van der Waals surface area contributed by atoms with Gasteiger partial charge in [-0.2, -0.15) is 0 Å². The van der Waals surface area contributed by atoms with Crippen LogP contribution in [0, 0.1) is 5.92 Å². The Labute approximate surface area is 189 Å². The fourth-order valence-corrected chi connectivity index (χ4v) is 5.10. The molecule has 0 N–H and O–H groups in total. The van der Waals surface area contributed by atoms with Crippen LogP contribution < -0.4 is 4.74 Å². The first-order chi connectivity index (χ1) is 15.5. The molecule has 0 radical (unpaired) electrons. The van der Waals surface area contributed by atoms with Gasteiger partial charge in [-0.3, -0.25) is 9.59 Å². The van der Waals surface area contributed by atoms with Crippen molar-refractivity contribution in [2.45, 2.75) is 51.0 Å². The topological polar surface area (TPSA) is 80.6 Å². The highest BCUT2D eigenvalue weighted by molar-refractivity contribution is 5.90. The molecule has 3 heterocycles. The predicted molar refractivity (Wildman–Crippen MR) is 120 cm³/mol. The number of aromatic nitrogens is 3. The van der Waals surface area contributed by atoms with Crippen molar-refractivity contribution < 1.29 is 14.3 Å². The van der Waals surface area contributed by atoms with E-state index in [4.69, 9.17) is 4.74 Å². The maximum atomic E-state index is 13.8. The largest absolute Gasteiger partial charge is 0.497 e. The minimum atomic E-state index is -0.369. The van der Waals surface area contributed by atoms with Gasteiger partial charge in [0.15, 0.2) is 0 Å². The summed E-state index contributed by atoms with van der Waals surface area (Å²) >= 11 is 0. The number of unbranched alkanes of at least 4 members (excludes halogenated alkanes) is 1. The van der Waals surface area contributed by atoms with E-state index in [0.29, 0.717) is 13.1 Å². The molecular formula is C24H33N5O3. The number of piperidine rings is 1. The molecule has 0 saturated carbocycles. The van der Waals surface area contributed by atoms with Gasteiger partial charge >= 0.3 is 0 Å². The van der Waals surface area contributed by atoms with E-state index >= 15 is 0 Å². The lowest BCUT2D eigenvalue weighted by atomic mass is 9.90. The Hall–Kier alpha value is -2.90. The number of hydrogen-bond acceptors (Lipinski definition) is 5. The Morgan fingerprint density at radius 3 is 2.69 bits per heavy atom. The summed E-state index contributed by atoms with van der Waals surface area (Å²) in [6, 6.07) is 7.55. The first kappa shape index (κ1) is 22.3. The number of carbonyl (C=O) groups excluding carboxylic acids is 2. The van der Waals surface area contributed by atoms with Gasteiger partial charge < -0.3 is 19.1 Å². The van der Waals surface area contributed by atoms with Gasteiger partial charge in [0.2, 0.25) is 11.8 Å². The van der Waals surface area contributed by atoms with E-state index in [2.05, 4.69) is 17.1 Å². The van der Waals surface area contributed by atoms with Crippen LogP contribution in [0.1, 0.15) is 62.4 Å². The minimum absolute atomic E-state index is 0.0690. The van der Waals surface area contributed by atoms with E-state index in [-0.39, 0.29) is 36.1 Å². The zero-order valence-electron chi connectivity index (χ0n) is 19.2. The Kier molecular flexibility index (Phi) is 6.77. The fourth-order valence-electron chi connectivity index (χ4n) is 5.10. The average Bonchev–Trinajstić information content (AvgIpc) is 3.40. The third-order valence-corrected chi connectivity index (χ3v) is 6.80. The van der Waals surface area contributed by atoms with Crippen molar-refractivity contribution in [2.75, 3.05) is 26.7 Å². The molecule has 2 saturated heterocycles. The van der Waals surface area contributed by atoms with Gasteiger partial charge in [-0.1, -0.05) is 25.5 Å². The van der Waals surface area contributed by atoms with Crippen LogP contribution in [0.15, 0.2) is 30.6 Å². The third kappa shape index (κ3) is 4.36. The Bertz CT molecular complexity index is 941. The van der Waals surface area contributed by atoms with Crippen molar-refractivity contribution in [1.29, 1.82) is 0 Å². The summed E-state index contributed by atoms with van der Waals surface area (Å²) in [5.74, 6) is 1.63. The SMILES string of the molecule is CCCCN1C(=O)CC(C(=O)N2CCCC(c3nncn3C)C2)C1c1ccc(OC)cc1. The second-order valence-electron chi connectivity index (χ2n) is 8.89. The maximum Gasteiger partial charge on any atom is 0.228 e. The molecule has 2 amide bonds. The van der Waals surface area contributed by atoms with Crippen molar-refractivity contribution in [3.63, 3.8) is 0 Å². The highest BCUT2D eigenvalue weighted by atomic mass is 16.5. The smallest absolute Gasteiger partial charge is 0.228 e. The molecule has 1 aromatic carbocycles. The van der Waals surface area contributed by atoms with E-state index in [0.717, 1.165) is 49.4 Å². The molecule has 2 aromatic rings. The van der Waals surface area contributed by atoms with Gasteiger partial charge in [0.1, 0.15) is 17.9 Å². The predicted octanol–water partition coefficient (Wildman–Crippen LogP) is 2.92. The Balaban J connectivity index is 1.58. The number of hydrogen-bond donors (Lipinski definition) is 0. The molecule has 0 spiro atoms. The summed E-state index contributed by atoms with van der Waals surface area (Å²) < 4.78 is 7.24. The number of rotatable bonds is 7. The molecule has 2 aliphatic heterocycles. The van der Waals surface area contributed by atoms with Gasteiger partial charge in [0.05, 0.1) is 19.1 Å². The fraction of sp³-hybridized carbons (Fsp3) is 0.583. The second-order valence-corrected chi connectivity index (χ2v) is 8.89. The van der Waals surface area contributed by atoms with Crippen molar-refractivity contribution in [2.24, 2.45) is 13.0 Å². The van der Waals surface area contributed by atoms with Gasteiger partial charge in [-0.15, -0.1) is 10.2 Å². The Morgan fingerprint density at radius 1 is 1.25 bits per heavy atom. The lowest BCUT2D eigenvalue weighted by Gasteiger charge is -2.36. The van der Waals surface area contributed by atoms with E-state index in [1.165, 1.54) is 0 Å². The van der Waals surface area contributed by atoms with Crippen LogP contribution in [-0.4, -0.2) is 63.1 Å². The van der Waals surface area contributed by atoms with Gasteiger partial charge in [-0.05, 0) is 37.0 Å². The van der Waals surface area contributed by atoms with Crippen molar-refractivity contribution >= 4 is 11.8 Å². The molecule has 8 nitrogen and oxygen atoms in total. The number of nitrogens with zero attached hydrogens (tertiary/aromatic N) is 5. The minimum Gasteiger partial charge on any atom is -0.497 e. The van der Waals surface area contributed by atoms with Gasteiger partial charge in [0.25, 0.3) is 0 Å². The van der Waals surface area contributed by atoms with Crippen LogP contribution in [0.2, 0.25) is 0 Å². The first-order valence-corrected chi connectivity index (χ1v) is 11.6. The van der Waals surface area contributed by atoms with Crippen molar-refractivity contribution in [1.82, 2.24) is 24.6 Å². The lowest BCUT2D eigenvalue weighted by molar-refractivity contribution is -0.137. The van der Waals surface area contributed by atoms with Crippen LogP contribution in [0.3, 0.4) is 0 Å². The van der Waals surface area contributed by atoms with Crippen LogP contribution in [0.5, 0.6) is 5.75 Å².